The molecular formula is C22H29IO11. The van der Waals surface area contributed by atoms with Crippen molar-refractivity contribution in [1.82, 2.24) is 0 Å². The Balaban J connectivity index is 2.60. The molecule has 1 aliphatic heterocycles. The Morgan fingerprint density at radius 3 is 1.88 bits per heavy atom. The number of hydrogen-bond donors (Lipinski definition) is 0. The number of carbonyl (C=O) groups is 3. The molecule has 1 heterocycles. The summed E-state index contributed by atoms with van der Waals surface area (Å²) in [6.07, 6.45) is -4.69. The number of ether oxygens (including phenoxy) is 8. The molecule has 1 fully saturated rings. The molecule has 0 N–H and O–H groups in total. The van der Waals surface area contributed by atoms with Crippen molar-refractivity contribution in [2.45, 2.75) is 58.4 Å². The molecule has 1 aromatic rings. The van der Waals surface area contributed by atoms with Crippen molar-refractivity contribution >= 4 is 40.5 Å². The first-order chi connectivity index (χ1) is 16.0. The minimum Gasteiger partial charge on any atom is -0.492 e. The van der Waals surface area contributed by atoms with E-state index < -0.39 is 48.6 Å². The highest BCUT2D eigenvalue weighted by Gasteiger charge is 2.50. The van der Waals surface area contributed by atoms with Gasteiger partial charge in [0.15, 0.2) is 23.7 Å². The zero-order chi connectivity index (χ0) is 25.7. The van der Waals surface area contributed by atoms with Crippen LogP contribution in [0.15, 0.2) is 0 Å². The van der Waals surface area contributed by atoms with Gasteiger partial charge < -0.3 is 37.9 Å². The molecule has 2 rings (SSSR count). The summed E-state index contributed by atoms with van der Waals surface area (Å²) in [6.45, 7) is 5.86. The second-order valence-corrected chi connectivity index (χ2v) is 8.46. The number of esters is 3. The fraction of sp³-hybridized carbons (Fsp3) is 0.591. The third-order valence-corrected chi connectivity index (χ3v) is 6.48. The van der Waals surface area contributed by atoms with Crippen molar-refractivity contribution in [2.75, 3.05) is 28.4 Å². The smallest absolute Gasteiger partial charge is 0.342 e. The maximum absolute atomic E-state index is 12.4. The molecular weight excluding hydrogens is 567 g/mol. The number of benzene rings is 1. The van der Waals surface area contributed by atoms with E-state index in [1.807, 2.05) is 22.6 Å². The maximum atomic E-state index is 12.4. The number of carbonyl (C=O) groups excluding carboxylic acids is 3. The van der Waals surface area contributed by atoms with Gasteiger partial charge in [-0.1, -0.05) is 0 Å². The van der Waals surface area contributed by atoms with Gasteiger partial charge in [0, 0.05) is 21.0 Å². The molecule has 0 radical (unpaired) electrons. The molecule has 34 heavy (non-hydrogen) atoms. The van der Waals surface area contributed by atoms with E-state index >= 15 is 0 Å². The Kier molecular flexibility index (Phi) is 9.76. The molecule has 12 heteroatoms. The Bertz CT molecular complexity index is 932. The molecule has 5 atom stereocenters. The highest BCUT2D eigenvalue weighted by atomic mass is 127. The summed E-state index contributed by atoms with van der Waals surface area (Å²) in [7, 11) is 5.43. The highest BCUT2D eigenvalue weighted by Crippen LogP contribution is 2.47. The minimum absolute atomic E-state index is 0.108. The number of hydrogen-bond acceptors (Lipinski definition) is 11. The molecule has 1 saturated heterocycles. The lowest BCUT2D eigenvalue weighted by Gasteiger charge is -2.43. The van der Waals surface area contributed by atoms with Gasteiger partial charge in [-0.25, -0.2) is 4.79 Å². The third-order valence-electron chi connectivity index (χ3n) is 5.18. The summed E-state index contributed by atoms with van der Waals surface area (Å²) in [5, 5.41) is 0. The van der Waals surface area contributed by atoms with Crippen LogP contribution in [0.3, 0.4) is 0 Å². The van der Waals surface area contributed by atoms with Crippen molar-refractivity contribution < 1.29 is 52.3 Å². The van der Waals surface area contributed by atoms with E-state index in [0.29, 0.717) is 9.13 Å². The average molecular weight is 596 g/mol. The van der Waals surface area contributed by atoms with Crippen LogP contribution in [0.4, 0.5) is 0 Å². The molecule has 0 aliphatic carbocycles. The van der Waals surface area contributed by atoms with Crippen molar-refractivity contribution in [3.8, 4) is 17.2 Å². The molecule has 0 saturated carbocycles. The van der Waals surface area contributed by atoms with E-state index in [9.17, 15) is 14.4 Å². The first-order valence-corrected chi connectivity index (χ1v) is 11.3. The van der Waals surface area contributed by atoms with E-state index in [2.05, 4.69) is 0 Å². The van der Waals surface area contributed by atoms with E-state index in [0.717, 1.165) is 0 Å². The Hall–Kier alpha value is -2.32. The van der Waals surface area contributed by atoms with Crippen molar-refractivity contribution in [2.24, 2.45) is 0 Å². The summed E-state index contributed by atoms with van der Waals surface area (Å²) >= 11 is 2.00. The Morgan fingerprint density at radius 2 is 1.41 bits per heavy atom. The average Bonchev–Trinajstić information content (AvgIpc) is 2.78. The second-order valence-electron chi connectivity index (χ2n) is 7.38. The second kappa shape index (κ2) is 11.9. The molecule has 0 spiro atoms. The van der Waals surface area contributed by atoms with Crippen molar-refractivity contribution in [3.63, 3.8) is 0 Å². The zero-order valence-electron chi connectivity index (χ0n) is 20.3. The Labute approximate surface area is 211 Å². The molecule has 1 unspecified atom stereocenters. The van der Waals surface area contributed by atoms with Crippen LogP contribution in [0.25, 0.3) is 0 Å². The molecule has 190 valence electrons. The largest absolute Gasteiger partial charge is 0.492 e. The third kappa shape index (κ3) is 5.66. The quantitative estimate of drug-likeness (QED) is 0.250. The summed E-state index contributed by atoms with van der Waals surface area (Å²) in [5.41, 5.74) is 0.701. The van der Waals surface area contributed by atoms with Crippen LogP contribution >= 0.6 is 22.6 Å². The summed E-state index contributed by atoms with van der Waals surface area (Å²) in [5.74, 6) is -1.35. The van der Waals surface area contributed by atoms with Crippen LogP contribution < -0.4 is 14.2 Å². The summed E-state index contributed by atoms with van der Waals surface area (Å²) < 4.78 is 44.9. The number of rotatable bonds is 8. The summed E-state index contributed by atoms with van der Waals surface area (Å²) in [4.78, 5) is 35.9. The van der Waals surface area contributed by atoms with E-state index in [1.165, 1.54) is 42.3 Å². The van der Waals surface area contributed by atoms with Crippen LogP contribution in [0.5, 0.6) is 17.2 Å². The molecule has 1 aromatic carbocycles. The monoisotopic (exact) mass is 596 g/mol. The van der Waals surface area contributed by atoms with Gasteiger partial charge in [0.05, 0.1) is 31.0 Å². The minimum atomic E-state index is -1.17. The van der Waals surface area contributed by atoms with Crippen LogP contribution in [-0.4, -0.2) is 77.1 Å². The van der Waals surface area contributed by atoms with Gasteiger partial charge in [-0.05, 0) is 42.0 Å². The molecule has 0 amide bonds. The lowest BCUT2D eigenvalue weighted by molar-refractivity contribution is -0.281. The first kappa shape index (κ1) is 27.9. The molecule has 11 nitrogen and oxygen atoms in total. The van der Waals surface area contributed by atoms with Gasteiger partial charge in [0.25, 0.3) is 0 Å². The zero-order valence-corrected chi connectivity index (χ0v) is 22.4. The molecule has 1 aliphatic rings. The standard InChI is InChI=1S/C22H29IO11/c1-9-13(21(26)30-8)16(27-5)19(29-7)17(14(9)23)34-22-20(33-12(4)25)18(28-6)15(10(2)31-22)32-11(3)24/h10,15,18,20,22H,1-8H3/t10-,15-,18+,20+,22?/m0/s1. The molecule has 0 bridgehead atoms. The highest BCUT2D eigenvalue weighted by molar-refractivity contribution is 14.1. The van der Waals surface area contributed by atoms with Crippen LogP contribution in [0.2, 0.25) is 0 Å². The van der Waals surface area contributed by atoms with Gasteiger partial charge in [0.1, 0.15) is 11.7 Å². The van der Waals surface area contributed by atoms with Crippen LogP contribution in [0.1, 0.15) is 36.7 Å². The lowest BCUT2D eigenvalue weighted by Crippen LogP contribution is -2.61. The normalized spacial score (nSPS) is 24.1. The van der Waals surface area contributed by atoms with Crippen LogP contribution in [-0.2, 0) is 33.3 Å². The van der Waals surface area contributed by atoms with Gasteiger partial charge in [-0.2, -0.15) is 0 Å². The van der Waals surface area contributed by atoms with Crippen molar-refractivity contribution in [3.05, 3.63) is 14.7 Å². The van der Waals surface area contributed by atoms with E-state index in [-0.39, 0.29) is 22.8 Å². The number of halogens is 1. The fourth-order valence-electron chi connectivity index (χ4n) is 3.72. The van der Waals surface area contributed by atoms with Crippen LogP contribution in [0, 0.1) is 10.5 Å². The fourth-order valence-corrected chi connectivity index (χ4v) is 4.37. The van der Waals surface area contributed by atoms with Gasteiger partial charge in [-0.3, -0.25) is 9.59 Å². The molecule has 0 aromatic heterocycles. The van der Waals surface area contributed by atoms with Gasteiger partial charge >= 0.3 is 17.9 Å². The predicted octanol–water partition coefficient (Wildman–Crippen LogP) is 2.41. The number of methoxy groups -OCH3 is 4. The van der Waals surface area contributed by atoms with E-state index in [4.69, 9.17) is 37.9 Å². The van der Waals surface area contributed by atoms with Gasteiger partial charge in [0.2, 0.25) is 12.0 Å². The first-order valence-electron chi connectivity index (χ1n) is 10.2. The maximum Gasteiger partial charge on any atom is 0.342 e. The lowest BCUT2D eigenvalue weighted by atomic mass is 9.99. The summed E-state index contributed by atoms with van der Waals surface area (Å²) in [6, 6.07) is 0. The Morgan fingerprint density at radius 1 is 0.853 bits per heavy atom. The topological polar surface area (TPSA) is 125 Å². The predicted molar refractivity (Wildman–Crippen MR) is 125 cm³/mol. The SMILES string of the molecule is COC(=O)c1c(C)c(I)c(OC2O[C@@H](C)[C@H](OC(C)=O)[C@@H](OC)[C@H]2OC(C)=O)c(OC)c1OC. The van der Waals surface area contributed by atoms with Gasteiger partial charge in [-0.15, -0.1) is 0 Å². The van der Waals surface area contributed by atoms with Crippen molar-refractivity contribution in [1.29, 1.82) is 0 Å². The van der Waals surface area contributed by atoms with E-state index in [1.54, 1.807) is 13.8 Å².